The van der Waals surface area contributed by atoms with Gasteiger partial charge in [-0.25, -0.2) is 4.79 Å². The summed E-state index contributed by atoms with van der Waals surface area (Å²) in [6, 6.07) is 14.6. The molecule has 1 amide bonds. The minimum absolute atomic E-state index is 0.160. The number of para-hydroxylation sites is 2. The van der Waals surface area contributed by atoms with E-state index in [4.69, 9.17) is 5.73 Å². The molecule has 2 aromatic carbocycles. The number of piperidine rings is 1. The van der Waals surface area contributed by atoms with Crippen LogP contribution in [-0.4, -0.2) is 28.5 Å². The minimum Gasteiger partial charge on any atom is -0.370 e. The highest BCUT2D eigenvalue weighted by atomic mass is 16.2. The molecule has 0 bridgehead atoms. The molecule has 1 atom stereocenters. The average molecular weight is 378 g/mol. The Hall–Kier alpha value is -3.35. The maximum Gasteiger partial charge on any atom is 0.329 e. The molecule has 1 aromatic heterocycles. The van der Waals surface area contributed by atoms with Gasteiger partial charge in [0.2, 0.25) is 5.91 Å². The van der Waals surface area contributed by atoms with E-state index in [9.17, 15) is 14.4 Å². The summed E-state index contributed by atoms with van der Waals surface area (Å²) in [5.41, 5.74) is 7.06. The van der Waals surface area contributed by atoms with Crippen LogP contribution in [0.15, 0.2) is 58.1 Å². The van der Waals surface area contributed by atoms with E-state index in [-0.39, 0.29) is 23.9 Å². The van der Waals surface area contributed by atoms with Crippen LogP contribution in [0.25, 0.3) is 10.9 Å². The van der Waals surface area contributed by atoms with Gasteiger partial charge < -0.3 is 15.6 Å². The van der Waals surface area contributed by atoms with Crippen LogP contribution in [-0.2, 0) is 11.3 Å². The van der Waals surface area contributed by atoms with Gasteiger partial charge in [-0.2, -0.15) is 0 Å². The van der Waals surface area contributed by atoms with Crippen molar-refractivity contribution in [3.8, 4) is 0 Å². The molecule has 0 saturated carbocycles. The van der Waals surface area contributed by atoms with Crippen LogP contribution in [0.5, 0.6) is 0 Å². The highest BCUT2D eigenvalue weighted by molar-refractivity contribution is 5.78. The number of carbonyl (C=O) groups is 1. The predicted octanol–water partition coefficient (Wildman–Crippen LogP) is 1.44. The van der Waals surface area contributed by atoms with Gasteiger partial charge in [0.25, 0.3) is 5.56 Å². The van der Waals surface area contributed by atoms with E-state index in [0.29, 0.717) is 17.4 Å². The lowest BCUT2D eigenvalue weighted by molar-refractivity contribution is -0.122. The number of aromatic amines is 1. The third-order valence-corrected chi connectivity index (χ3v) is 5.37. The van der Waals surface area contributed by atoms with E-state index in [0.717, 1.165) is 30.6 Å². The van der Waals surface area contributed by atoms with Gasteiger partial charge >= 0.3 is 5.69 Å². The van der Waals surface area contributed by atoms with E-state index in [1.807, 2.05) is 24.3 Å². The standard InChI is InChI=1S/C21H22N4O3/c22-19(26)15-7-5-11-24(12-15)18-10-4-1-6-14(18)13-25-20(27)16-8-2-3-9-17(16)23-21(25)28/h1-4,6,8-10,15H,5,7,11-13H2,(H2,22,26)(H,23,28). The molecule has 0 radical (unpaired) electrons. The number of nitrogens with two attached hydrogens (primary N) is 1. The molecule has 3 N–H and O–H groups in total. The summed E-state index contributed by atoms with van der Waals surface area (Å²) in [6.45, 7) is 1.52. The number of fused-ring (bicyclic) bond motifs is 1. The van der Waals surface area contributed by atoms with Crippen LogP contribution in [0.2, 0.25) is 0 Å². The van der Waals surface area contributed by atoms with Crippen LogP contribution < -0.4 is 21.9 Å². The largest absolute Gasteiger partial charge is 0.370 e. The number of carbonyl (C=O) groups excluding carboxylic acids is 1. The summed E-state index contributed by atoms with van der Waals surface area (Å²) >= 11 is 0. The highest BCUT2D eigenvalue weighted by Crippen LogP contribution is 2.26. The van der Waals surface area contributed by atoms with Gasteiger partial charge in [-0.15, -0.1) is 0 Å². The van der Waals surface area contributed by atoms with E-state index in [1.54, 1.807) is 24.3 Å². The number of rotatable bonds is 4. The van der Waals surface area contributed by atoms with E-state index < -0.39 is 5.69 Å². The lowest BCUT2D eigenvalue weighted by atomic mass is 9.96. The Kier molecular flexibility index (Phi) is 4.73. The van der Waals surface area contributed by atoms with E-state index >= 15 is 0 Å². The van der Waals surface area contributed by atoms with Gasteiger partial charge in [-0.05, 0) is 36.6 Å². The molecule has 1 fully saturated rings. The fourth-order valence-electron chi connectivity index (χ4n) is 3.89. The van der Waals surface area contributed by atoms with Gasteiger partial charge in [-0.1, -0.05) is 30.3 Å². The molecule has 1 unspecified atom stereocenters. The Morgan fingerprint density at radius 1 is 1.11 bits per heavy atom. The zero-order valence-corrected chi connectivity index (χ0v) is 15.4. The Morgan fingerprint density at radius 3 is 2.68 bits per heavy atom. The van der Waals surface area contributed by atoms with Crippen molar-refractivity contribution in [2.24, 2.45) is 11.7 Å². The van der Waals surface area contributed by atoms with Crippen molar-refractivity contribution in [3.05, 3.63) is 74.9 Å². The minimum atomic E-state index is -0.438. The predicted molar refractivity (Wildman–Crippen MR) is 109 cm³/mol. The Labute approximate surface area is 161 Å². The molecule has 3 aromatic rings. The third-order valence-electron chi connectivity index (χ3n) is 5.37. The lowest BCUT2D eigenvalue weighted by Gasteiger charge is -2.34. The van der Waals surface area contributed by atoms with Crippen LogP contribution >= 0.6 is 0 Å². The summed E-state index contributed by atoms with van der Waals surface area (Å²) in [7, 11) is 0. The van der Waals surface area contributed by atoms with Crippen LogP contribution in [0.4, 0.5) is 5.69 Å². The highest BCUT2D eigenvalue weighted by Gasteiger charge is 2.25. The fraction of sp³-hybridized carbons (Fsp3) is 0.286. The number of nitrogens with one attached hydrogen (secondary N) is 1. The molecule has 7 nitrogen and oxygen atoms in total. The number of H-pyrrole nitrogens is 1. The summed E-state index contributed by atoms with van der Waals surface area (Å²) in [4.78, 5) is 41.9. The van der Waals surface area contributed by atoms with Crippen molar-refractivity contribution in [2.45, 2.75) is 19.4 Å². The first-order valence-electron chi connectivity index (χ1n) is 9.38. The molecule has 0 spiro atoms. The van der Waals surface area contributed by atoms with Crippen molar-refractivity contribution in [1.29, 1.82) is 0 Å². The van der Waals surface area contributed by atoms with Crippen LogP contribution in [0, 0.1) is 5.92 Å². The molecule has 1 aliphatic rings. The first-order chi connectivity index (χ1) is 13.5. The van der Waals surface area contributed by atoms with Gasteiger partial charge in [0.1, 0.15) is 0 Å². The Bertz CT molecular complexity index is 1150. The smallest absolute Gasteiger partial charge is 0.329 e. The molecular formula is C21H22N4O3. The van der Waals surface area contributed by atoms with Crippen molar-refractivity contribution >= 4 is 22.5 Å². The second kappa shape index (κ2) is 7.34. The van der Waals surface area contributed by atoms with Crippen molar-refractivity contribution < 1.29 is 4.79 Å². The van der Waals surface area contributed by atoms with Gasteiger partial charge in [0.05, 0.1) is 23.4 Å². The van der Waals surface area contributed by atoms with Gasteiger partial charge in [-0.3, -0.25) is 14.2 Å². The number of anilines is 1. The zero-order chi connectivity index (χ0) is 19.7. The summed E-state index contributed by atoms with van der Waals surface area (Å²) in [5, 5.41) is 0.478. The number of amides is 1. The molecular weight excluding hydrogens is 356 g/mol. The number of primary amides is 1. The number of aromatic nitrogens is 2. The average Bonchev–Trinajstić information content (AvgIpc) is 2.71. The quantitative estimate of drug-likeness (QED) is 0.717. The van der Waals surface area contributed by atoms with Crippen molar-refractivity contribution in [1.82, 2.24) is 9.55 Å². The maximum absolute atomic E-state index is 12.9. The van der Waals surface area contributed by atoms with Crippen LogP contribution in [0.3, 0.4) is 0 Å². The molecule has 0 aliphatic carbocycles. The SMILES string of the molecule is NC(=O)C1CCCN(c2ccccc2Cn2c(=O)[nH]c3ccccc3c2=O)C1. The van der Waals surface area contributed by atoms with E-state index in [1.165, 1.54) is 4.57 Å². The number of hydrogen-bond acceptors (Lipinski definition) is 4. The lowest BCUT2D eigenvalue weighted by Crippen LogP contribution is -2.42. The van der Waals surface area contributed by atoms with Crippen molar-refractivity contribution in [3.63, 3.8) is 0 Å². The normalized spacial score (nSPS) is 17.0. The molecule has 144 valence electrons. The second-order valence-corrected chi connectivity index (χ2v) is 7.18. The first-order valence-corrected chi connectivity index (χ1v) is 9.38. The monoisotopic (exact) mass is 378 g/mol. The topological polar surface area (TPSA) is 101 Å². The summed E-state index contributed by atoms with van der Waals surface area (Å²) in [6.07, 6.45) is 1.66. The third kappa shape index (κ3) is 3.31. The number of hydrogen-bond donors (Lipinski definition) is 2. The van der Waals surface area contributed by atoms with E-state index in [2.05, 4.69) is 9.88 Å². The Morgan fingerprint density at radius 2 is 1.86 bits per heavy atom. The number of nitrogens with zero attached hydrogens (tertiary/aromatic N) is 2. The van der Waals surface area contributed by atoms with Crippen molar-refractivity contribution in [2.75, 3.05) is 18.0 Å². The Balaban J connectivity index is 1.73. The molecule has 28 heavy (non-hydrogen) atoms. The number of benzene rings is 2. The zero-order valence-electron chi connectivity index (χ0n) is 15.4. The second-order valence-electron chi connectivity index (χ2n) is 7.18. The van der Waals surface area contributed by atoms with Gasteiger partial charge in [0.15, 0.2) is 0 Å². The van der Waals surface area contributed by atoms with Gasteiger partial charge in [0, 0.05) is 18.8 Å². The summed E-state index contributed by atoms with van der Waals surface area (Å²) in [5.74, 6) is -0.474. The molecule has 2 heterocycles. The maximum atomic E-state index is 12.9. The molecule has 4 rings (SSSR count). The summed E-state index contributed by atoms with van der Waals surface area (Å²) < 4.78 is 1.22. The first kappa shape index (κ1) is 18.0. The van der Waals surface area contributed by atoms with Crippen LogP contribution in [0.1, 0.15) is 18.4 Å². The molecule has 7 heteroatoms. The fourth-order valence-corrected chi connectivity index (χ4v) is 3.89. The molecule has 1 saturated heterocycles. The molecule has 1 aliphatic heterocycles.